The van der Waals surface area contributed by atoms with Gasteiger partial charge in [-0.2, -0.15) is 0 Å². The van der Waals surface area contributed by atoms with E-state index < -0.39 is 18.5 Å². The van der Waals surface area contributed by atoms with Crippen molar-refractivity contribution in [2.24, 2.45) is 0 Å². The van der Waals surface area contributed by atoms with Crippen molar-refractivity contribution in [3.63, 3.8) is 0 Å². The Labute approximate surface area is 160 Å². The molecular formula is C21H16N2O5. The molecule has 7 heteroatoms. The van der Waals surface area contributed by atoms with Gasteiger partial charge in [-0.05, 0) is 30.3 Å². The fourth-order valence-electron chi connectivity index (χ4n) is 2.68. The summed E-state index contributed by atoms with van der Waals surface area (Å²) in [5.74, 6) is 0.0951. The van der Waals surface area contributed by atoms with Crippen LogP contribution in [-0.4, -0.2) is 30.3 Å². The van der Waals surface area contributed by atoms with Crippen LogP contribution in [0.2, 0.25) is 0 Å². The molecule has 2 heterocycles. The number of fused-ring (bicyclic) bond motifs is 2. The number of rotatable bonds is 5. The van der Waals surface area contributed by atoms with Crippen LogP contribution in [0.5, 0.6) is 11.5 Å². The van der Waals surface area contributed by atoms with Gasteiger partial charge in [-0.3, -0.25) is 4.79 Å². The van der Waals surface area contributed by atoms with Gasteiger partial charge in [0.15, 0.2) is 18.1 Å². The first-order valence-electron chi connectivity index (χ1n) is 8.57. The zero-order valence-corrected chi connectivity index (χ0v) is 14.8. The van der Waals surface area contributed by atoms with Gasteiger partial charge in [0.25, 0.3) is 5.91 Å². The molecule has 0 aliphatic carbocycles. The third-order valence-electron chi connectivity index (χ3n) is 4.01. The molecule has 0 atom stereocenters. The van der Waals surface area contributed by atoms with Crippen LogP contribution in [0, 0.1) is 0 Å². The van der Waals surface area contributed by atoms with Crippen LogP contribution in [0.25, 0.3) is 17.0 Å². The molecule has 0 spiro atoms. The first kappa shape index (κ1) is 17.5. The molecule has 2 aromatic carbocycles. The van der Waals surface area contributed by atoms with Crippen molar-refractivity contribution >= 4 is 34.5 Å². The van der Waals surface area contributed by atoms with Gasteiger partial charge in [-0.1, -0.05) is 24.3 Å². The smallest absolute Gasteiger partial charge is 0.331 e. The van der Waals surface area contributed by atoms with E-state index in [-0.39, 0.29) is 6.79 Å². The number of nitrogens with one attached hydrogen (secondary N) is 1. The zero-order chi connectivity index (χ0) is 19.3. The van der Waals surface area contributed by atoms with Gasteiger partial charge in [-0.25, -0.2) is 9.78 Å². The van der Waals surface area contributed by atoms with Crippen molar-refractivity contribution in [2.45, 2.75) is 0 Å². The highest BCUT2D eigenvalue weighted by molar-refractivity contribution is 5.95. The van der Waals surface area contributed by atoms with E-state index in [9.17, 15) is 9.59 Å². The Morgan fingerprint density at radius 3 is 2.86 bits per heavy atom. The Morgan fingerprint density at radius 2 is 1.93 bits per heavy atom. The Hall–Kier alpha value is -3.87. The fraction of sp³-hybridized carbons (Fsp3) is 0.0952. The summed E-state index contributed by atoms with van der Waals surface area (Å²) in [4.78, 5) is 28.2. The van der Waals surface area contributed by atoms with Crippen LogP contribution in [0.4, 0.5) is 5.69 Å². The first-order chi connectivity index (χ1) is 13.7. The van der Waals surface area contributed by atoms with E-state index in [1.165, 1.54) is 6.08 Å². The van der Waals surface area contributed by atoms with Gasteiger partial charge in [0, 0.05) is 23.2 Å². The Bertz CT molecular complexity index is 1080. The summed E-state index contributed by atoms with van der Waals surface area (Å²) in [5.41, 5.74) is 1.99. The number of carbonyl (C=O) groups excluding carboxylic acids is 2. The molecule has 0 bridgehead atoms. The van der Waals surface area contributed by atoms with Gasteiger partial charge >= 0.3 is 5.97 Å². The third-order valence-corrected chi connectivity index (χ3v) is 4.01. The van der Waals surface area contributed by atoms with Crippen molar-refractivity contribution in [1.29, 1.82) is 0 Å². The van der Waals surface area contributed by atoms with Gasteiger partial charge in [-0.15, -0.1) is 0 Å². The van der Waals surface area contributed by atoms with E-state index in [1.807, 2.05) is 30.3 Å². The molecule has 0 radical (unpaired) electrons. The van der Waals surface area contributed by atoms with Crippen LogP contribution in [0.3, 0.4) is 0 Å². The minimum absolute atomic E-state index is 0.156. The minimum Gasteiger partial charge on any atom is -0.454 e. The number of hydrogen-bond donors (Lipinski definition) is 1. The highest BCUT2D eigenvalue weighted by Crippen LogP contribution is 2.34. The maximum Gasteiger partial charge on any atom is 0.331 e. The molecule has 0 saturated heterocycles. The van der Waals surface area contributed by atoms with Gasteiger partial charge in [0.1, 0.15) is 0 Å². The van der Waals surface area contributed by atoms with Crippen molar-refractivity contribution in [1.82, 2.24) is 4.98 Å². The summed E-state index contributed by atoms with van der Waals surface area (Å²) >= 11 is 0. The molecule has 1 aromatic heterocycles. The predicted molar refractivity (Wildman–Crippen MR) is 103 cm³/mol. The van der Waals surface area contributed by atoms with Crippen molar-refractivity contribution < 1.29 is 23.8 Å². The molecule has 3 aromatic rings. The molecule has 1 N–H and O–H groups in total. The maximum absolute atomic E-state index is 11.9. The van der Waals surface area contributed by atoms with E-state index in [1.54, 1.807) is 30.3 Å². The molecule has 1 amide bonds. The molecule has 1 aliphatic rings. The van der Waals surface area contributed by atoms with Crippen LogP contribution < -0.4 is 14.8 Å². The summed E-state index contributed by atoms with van der Waals surface area (Å²) in [6.07, 6.45) is 2.79. The van der Waals surface area contributed by atoms with E-state index in [4.69, 9.17) is 14.2 Å². The summed E-state index contributed by atoms with van der Waals surface area (Å²) in [5, 5.41) is 3.65. The van der Waals surface area contributed by atoms with E-state index in [2.05, 4.69) is 10.3 Å². The lowest BCUT2D eigenvalue weighted by molar-refractivity contribution is -0.142. The molecule has 1 aliphatic heterocycles. The number of esters is 1. The lowest BCUT2D eigenvalue weighted by Gasteiger charge is -2.06. The summed E-state index contributed by atoms with van der Waals surface area (Å²) in [6, 6.07) is 16.4. The van der Waals surface area contributed by atoms with E-state index in [0.717, 1.165) is 10.9 Å². The monoisotopic (exact) mass is 376 g/mol. The largest absolute Gasteiger partial charge is 0.454 e. The summed E-state index contributed by atoms with van der Waals surface area (Å²) < 4.78 is 15.4. The maximum atomic E-state index is 11.9. The minimum atomic E-state index is -0.629. The van der Waals surface area contributed by atoms with E-state index in [0.29, 0.717) is 22.9 Å². The number of hydrogen-bond acceptors (Lipinski definition) is 6. The molecule has 4 rings (SSSR count). The number of nitrogens with zero attached hydrogens (tertiary/aromatic N) is 1. The quantitative estimate of drug-likeness (QED) is 0.544. The highest BCUT2D eigenvalue weighted by atomic mass is 16.7. The number of carbonyl (C=O) groups is 2. The standard InChI is InChI=1S/C21H16N2O5/c24-20(23-16-7-9-18-19(11-16)28-13-27-18)12-26-21(25)10-8-15-6-5-14-3-1-2-4-17(14)22-15/h1-11H,12-13H2,(H,23,24)/b10-8+. The molecule has 0 fully saturated rings. The number of amides is 1. The van der Waals surface area contributed by atoms with Gasteiger partial charge < -0.3 is 19.5 Å². The van der Waals surface area contributed by atoms with Crippen molar-refractivity contribution in [3.05, 3.63) is 66.4 Å². The lowest BCUT2D eigenvalue weighted by atomic mass is 10.2. The molecular weight excluding hydrogens is 360 g/mol. The van der Waals surface area contributed by atoms with Crippen molar-refractivity contribution in [2.75, 3.05) is 18.7 Å². The second-order valence-corrected chi connectivity index (χ2v) is 5.99. The summed E-state index contributed by atoms with van der Waals surface area (Å²) in [6.45, 7) is -0.245. The predicted octanol–water partition coefficient (Wildman–Crippen LogP) is 3.16. The normalized spacial score (nSPS) is 12.3. The molecule has 7 nitrogen and oxygen atoms in total. The Balaban J connectivity index is 1.29. The lowest BCUT2D eigenvalue weighted by Crippen LogP contribution is -2.20. The highest BCUT2D eigenvalue weighted by Gasteiger charge is 2.14. The Morgan fingerprint density at radius 1 is 1.07 bits per heavy atom. The molecule has 140 valence electrons. The number of pyridine rings is 1. The SMILES string of the molecule is O=C(COC(=O)/C=C/c1ccc2ccccc2n1)Nc1ccc2c(c1)OCO2. The second-order valence-electron chi connectivity index (χ2n) is 5.99. The van der Waals surface area contributed by atoms with Crippen molar-refractivity contribution in [3.8, 4) is 11.5 Å². The van der Waals surface area contributed by atoms with Crippen LogP contribution in [-0.2, 0) is 14.3 Å². The molecule has 0 saturated carbocycles. The van der Waals surface area contributed by atoms with E-state index >= 15 is 0 Å². The summed E-state index contributed by atoms with van der Waals surface area (Å²) in [7, 11) is 0. The molecule has 0 unspecified atom stereocenters. The average Bonchev–Trinajstić information content (AvgIpc) is 3.18. The number of aromatic nitrogens is 1. The van der Waals surface area contributed by atoms with Crippen LogP contribution in [0.1, 0.15) is 5.69 Å². The van der Waals surface area contributed by atoms with Gasteiger partial charge in [0.2, 0.25) is 6.79 Å². The first-order valence-corrected chi connectivity index (χ1v) is 8.57. The number of anilines is 1. The fourth-order valence-corrected chi connectivity index (χ4v) is 2.68. The topological polar surface area (TPSA) is 86.8 Å². The number of ether oxygens (including phenoxy) is 3. The third kappa shape index (κ3) is 4.09. The van der Waals surface area contributed by atoms with Crippen LogP contribution in [0.15, 0.2) is 60.7 Å². The van der Waals surface area contributed by atoms with Crippen LogP contribution >= 0.6 is 0 Å². The average molecular weight is 376 g/mol. The number of benzene rings is 2. The molecule has 28 heavy (non-hydrogen) atoms. The Kier molecular flexibility index (Phi) is 4.88. The second kappa shape index (κ2) is 7.79. The zero-order valence-electron chi connectivity index (χ0n) is 14.8. The van der Waals surface area contributed by atoms with Gasteiger partial charge in [0.05, 0.1) is 11.2 Å². The number of para-hydroxylation sites is 1.